The van der Waals surface area contributed by atoms with Crippen LogP contribution in [0, 0.1) is 6.92 Å². The standard InChI is InChI=1S/C6H9NS.H3N/c1-3-6-7-5(2)4-8-6;/h4H,3H2,1-2H3;1H3. The van der Waals surface area contributed by atoms with Crippen molar-refractivity contribution in [3.8, 4) is 0 Å². The second-order valence-corrected chi connectivity index (χ2v) is 2.68. The maximum absolute atomic E-state index is 4.25. The van der Waals surface area contributed by atoms with Crippen molar-refractivity contribution in [2.24, 2.45) is 0 Å². The minimum atomic E-state index is 0. The molecule has 0 saturated heterocycles. The maximum Gasteiger partial charge on any atom is 0.0925 e. The van der Waals surface area contributed by atoms with Crippen molar-refractivity contribution in [1.82, 2.24) is 11.1 Å². The van der Waals surface area contributed by atoms with Gasteiger partial charge in [-0.25, -0.2) is 4.98 Å². The minimum absolute atomic E-state index is 0. The fraction of sp³-hybridized carbons (Fsp3) is 0.500. The second kappa shape index (κ2) is 3.58. The fourth-order valence-corrected chi connectivity index (χ4v) is 1.29. The molecule has 1 rings (SSSR count). The highest BCUT2D eigenvalue weighted by Gasteiger charge is 1.91. The van der Waals surface area contributed by atoms with Crippen molar-refractivity contribution < 1.29 is 0 Å². The quantitative estimate of drug-likeness (QED) is 0.656. The van der Waals surface area contributed by atoms with Crippen LogP contribution in [0.1, 0.15) is 17.6 Å². The molecule has 0 unspecified atom stereocenters. The van der Waals surface area contributed by atoms with Gasteiger partial charge < -0.3 is 6.15 Å². The molecule has 9 heavy (non-hydrogen) atoms. The normalized spacial score (nSPS) is 8.67. The fourth-order valence-electron chi connectivity index (χ4n) is 0.565. The molecule has 0 aliphatic rings. The van der Waals surface area contributed by atoms with Gasteiger partial charge >= 0.3 is 0 Å². The number of hydrogen-bond acceptors (Lipinski definition) is 3. The van der Waals surface area contributed by atoms with E-state index in [0.717, 1.165) is 12.1 Å². The number of hydrogen-bond donors (Lipinski definition) is 1. The smallest absolute Gasteiger partial charge is 0.0925 e. The summed E-state index contributed by atoms with van der Waals surface area (Å²) < 4.78 is 0. The van der Waals surface area contributed by atoms with E-state index in [1.165, 1.54) is 5.01 Å². The molecule has 1 aromatic heterocycles. The van der Waals surface area contributed by atoms with E-state index in [1.54, 1.807) is 11.3 Å². The zero-order valence-electron chi connectivity index (χ0n) is 5.85. The Morgan fingerprint density at radius 2 is 2.33 bits per heavy atom. The molecule has 3 heteroatoms. The molecule has 0 saturated carbocycles. The van der Waals surface area contributed by atoms with E-state index in [1.807, 2.05) is 6.92 Å². The van der Waals surface area contributed by atoms with E-state index in [0.29, 0.717) is 0 Å². The van der Waals surface area contributed by atoms with Crippen LogP contribution in [-0.2, 0) is 6.42 Å². The predicted molar refractivity (Wildman–Crippen MR) is 41.3 cm³/mol. The van der Waals surface area contributed by atoms with Crippen LogP contribution < -0.4 is 6.15 Å². The lowest BCUT2D eigenvalue weighted by Crippen LogP contribution is -1.75. The summed E-state index contributed by atoms with van der Waals surface area (Å²) in [4.78, 5) is 4.25. The molecular weight excluding hydrogens is 132 g/mol. The lowest BCUT2D eigenvalue weighted by atomic mass is 10.5. The van der Waals surface area contributed by atoms with Gasteiger partial charge in [0.25, 0.3) is 0 Å². The van der Waals surface area contributed by atoms with Crippen LogP contribution in [-0.4, -0.2) is 4.98 Å². The zero-order chi connectivity index (χ0) is 5.98. The third-order valence-electron chi connectivity index (χ3n) is 0.969. The van der Waals surface area contributed by atoms with Crippen molar-refractivity contribution in [3.05, 3.63) is 16.1 Å². The molecule has 3 N–H and O–H groups in total. The first kappa shape index (κ1) is 8.59. The van der Waals surface area contributed by atoms with Gasteiger partial charge in [-0.15, -0.1) is 11.3 Å². The summed E-state index contributed by atoms with van der Waals surface area (Å²) in [6.45, 7) is 4.15. The molecule has 1 aromatic rings. The summed E-state index contributed by atoms with van der Waals surface area (Å²) in [6.07, 6.45) is 1.07. The van der Waals surface area contributed by atoms with Crippen molar-refractivity contribution in [1.29, 1.82) is 0 Å². The predicted octanol–water partition coefficient (Wildman–Crippen LogP) is 2.18. The number of thiazole rings is 1. The van der Waals surface area contributed by atoms with E-state index < -0.39 is 0 Å². The molecule has 0 fully saturated rings. The molecule has 0 radical (unpaired) electrons. The molecule has 0 spiro atoms. The molecular formula is C6H12N2S. The topological polar surface area (TPSA) is 47.9 Å². The Morgan fingerprint density at radius 3 is 2.56 bits per heavy atom. The Bertz CT molecular complexity index is 171. The van der Waals surface area contributed by atoms with Gasteiger partial charge in [0, 0.05) is 11.1 Å². The van der Waals surface area contributed by atoms with Gasteiger partial charge in [-0.3, -0.25) is 0 Å². The molecule has 0 aromatic carbocycles. The summed E-state index contributed by atoms with van der Waals surface area (Å²) in [5, 5.41) is 3.32. The summed E-state index contributed by atoms with van der Waals surface area (Å²) in [6, 6.07) is 0. The Kier molecular flexibility index (Phi) is 3.42. The van der Waals surface area contributed by atoms with Crippen molar-refractivity contribution in [2.45, 2.75) is 20.3 Å². The molecule has 52 valence electrons. The van der Waals surface area contributed by atoms with Gasteiger partial charge in [0.2, 0.25) is 0 Å². The van der Waals surface area contributed by atoms with E-state index >= 15 is 0 Å². The molecule has 0 aliphatic heterocycles. The maximum atomic E-state index is 4.25. The average molecular weight is 144 g/mol. The number of aromatic nitrogens is 1. The highest BCUT2D eigenvalue weighted by molar-refractivity contribution is 7.09. The molecule has 1 heterocycles. The van der Waals surface area contributed by atoms with E-state index in [4.69, 9.17) is 0 Å². The van der Waals surface area contributed by atoms with Crippen LogP contribution in [0.5, 0.6) is 0 Å². The first-order valence-electron chi connectivity index (χ1n) is 2.74. The Morgan fingerprint density at radius 1 is 1.67 bits per heavy atom. The lowest BCUT2D eigenvalue weighted by molar-refractivity contribution is 1.07. The summed E-state index contributed by atoms with van der Waals surface area (Å²) in [7, 11) is 0. The van der Waals surface area contributed by atoms with Gasteiger partial charge in [0.1, 0.15) is 0 Å². The van der Waals surface area contributed by atoms with Crippen LogP contribution in [0.15, 0.2) is 5.38 Å². The largest absolute Gasteiger partial charge is 0.344 e. The molecule has 2 nitrogen and oxygen atoms in total. The van der Waals surface area contributed by atoms with Gasteiger partial charge in [-0.1, -0.05) is 6.92 Å². The zero-order valence-corrected chi connectivity index (χ0v) is 6.66. The van der Waals surface area contributed by atoms with Crippen LogP contribution in [0.3, 0.4) is 0 Å². The van der Waals surface area contributed by atoms with Gasteiger partial charge in [0.05, 0.1) is 5.01 Å². The molecule has 0 amide bonds. The monoisotopic (exact) mass is 144 g/mol. The van der Waals surface area contributed by atoms with Crippen molar-refractivity contribution in [2.75, 3.05) is 0 Å². The Labute approximate surface area is 59.5 Å². The van der Waals surface area contributed by atoms with E-state index in [-0.39, 0.29) is 6.15 Å². The minimum Gasteiger partial charge on any atom is -0.344 e. The first-order chi connectivity index (χ1) is 3.83. The molecule has 0 atom stereocenters. The van der Waals surface area contributed by atoms with Crippen LogP contribution in [0.25, 0.3) is 0 Å². The highest BCUT2D eigenvalue weighted by atomic mass is 32.1. The van der Waals surface area contributed by atoms with Crippen LogP contribution >= 0.6 is 11.3 Å². The van der Waals surface area contributed by atoms with Gasteiger partial charge in [-0.2, -0.15) is 0 Å². The first-order valence-corrected chi connectivity index (χ1v) is 3.62. The van der Waals surface area contributed by atoms with E-state index in [9.17, 15) is 0 Å². The number of aryl methyl sites for hydroxylation is 2. The lowest BCUT2D eigenvalue weighted by Gasteiger charge is -1.79. The van der Waals surface area contributed by atoms with Gasteiger partial charge in [0.15, 0.2) is 0 Å². The highest BCUT2D eigenvalue weighted by Crippen LogP contribution is 2.07. The summed E-state index contributed by atoms with van der Waals surface area (Å²) in [5.74, 6) is 0. The van der Waals surface area contributed by atoms with E-state index in [2.05, 4.69) is 17.3 Å². The third-order valence-corrected chi connectivity index (χ3v) is 2.08. The third kappa shape index (κ3) is 2.11. The Balaban J connectivity index is 0.000000640. The van der Waals surface area contributed by atoms with Crippen molar-refractivity contribution in [3.63, 3.8) is 0 Å². The number of nitrogens with zero attached hydrogens (tertiary/aromatic N) is 1. The molecule has 0 bridgehead atoms. The Hall–Kier alpha value is -0.410. The van der Waals surface area contributed by atoms with Gasteiger partial charge in [-0.05, 0) is 13.3 Å². The average Bonchev–Trinajstić information content (AvgIpc) is 2.14. The summed E-state index contributed by atoms with van der Waals surface area (Å²) >= 11 is 1.74. The second-order valence-electron chi connectivity index (χ2n) is 1.74. The molecule has 0 aliphatic carbocycles. The van der Waals surface area contributed by atoms with Crippen LogP contribution in [0.2, 0.25) is 0 Å². The number of rotatable bonds is 1. The van der Waals surface area contributed by atoms with Crippen molar-refractivity contribution >= 4 is 11.3 Å². The van der Waals surface area contributed by atoms with Crippen LogP contribution in [0.4, 0.5) is 0 Å². The summed E-state index contributed by atoms with van der Waals surface area (Å²) in [5.41, 5.74) is 1.15. The SMILES string of the molecule is CCc1nc(C)cs1.N.